The maximum absolute atomic E-state index is 6.13. The van der Waals surface area contributed by atoms with Crippen molar-refractivity contribution < 1.29 is 0 Å². The van der Waals surface area contributed by atoms with Gasteiger partial charge in [0.15, 0.2) is 0 Å². The second kappa shape index (κ2) is 5.11. The van der Waals surface area contributed by atoms with Crippen molar-refractivity contribution in [3.8, 4) is 0 Å². The predicted molar refractivity (Wildman–Crippen MR) is 89.8 cm³/mol. The van der Waals surface area contributed by atoms with Crippen LogP contribution < -0.4 is 5.73 Å². The van der Waals surface area contributed by atoms with Crippen LogP contribution in [0.1, 0.15) is 26.3 Å². The van der Waals surface area contributed by atoms with Crippen molar-refractivity contribution in [3.63, 3.8) is 0 Å². The second-order valence-electron chi connectivity index (χ2n) is 6.22. The summed E-state index contributed by atoms with van der Waals surface area (Å²) >= 11 is 1.68. The fraction of sp³-hybridized carbons (Fsp3) is 0.235. The molecular weight excluding hydrogens is 278 g/mol. The van der Waals surface area contributed by atoms with E-state index >= 15 is 0 Å². The molecule has 2 aromatic carbocycles. The number of rotatable bonds is 2. The summed E-state index contributed by atoms with van der Waals surface area (Å²) in [6, 6.07) is 12.7. The Hall–Kier alpha value is -1.94. The molecule has 0 saturated carbocycles. The zero-order valence-corrected chi connectivity index (χ0v) is 13.3. The number of H-pyrrole nitrogens is 1. The Bertz CT molecular complexity index is 767. The molecule has 0 unspecified atom stereocenters. The van der Waals surface area contributed by atoms with Gasteiger partial charge >= 0.3 is 0 Å². The molecule has 108 valence electrons. The quantitative estimate of drug-likeness (QED) is 0.680. The van der Waals surface area contributed by atoms with Gasteiger partial charge in [0.1, 0.15) is 0 Å². The number of hydrogen-bond donors (Lipinski definition) is 2. The van der Waals surface area contributed by atoms with Gasteiger partial charge < -0.3 is 5.73 Å². The Kier molecular flexibility index (Phi) is 3.41. The first-order valence-electron chi connectivity index (χ1n) is 6.94. The number of anilines is 1. The molecule has 3 N–H and O–H groups in total. The van der Waals surface area contributed by atoms with Crippen LogP contribution in [-0.2, 0) is 5.41 Å². The van der Waals surface area contributed by atoms with Crippen molar-refractivity contribution in [2.24, 2.45) is 0 Å². The fourth-order valence-corrected chi connectivity index (χ4v) is 3.11. The highest BCUT2D eigenvalue weighted by atomic mass is 32.2. The molecule has 1 aromatic heterocycles. The SMILES string of the molecule is CC(C)(C)c1ccc(Sc2cc3[nH]ncc3cc2N)cc1. The number of hydrogen-bond acceptors (Lipinski definition) is 3. The van der Waals surface area contributed by atoms with E-state index in [4.69, 9.17) is 5.73 Å². The van der Waals surface area contributed by atoms with Crippen molar-refractivity contribution in [1.29, 1.82) is 0 Å². The lowest BCUT2D eigenvalue weighted by Crippen LogP contribution is -2.10. The summed E-state index contributed by atoms with van der Waals surface area (Å²) < 4.78 is 0. The Balaban J connectivity index is 1.89. The van der Waals surface area contributed by atoms with E-state index in [1.54, 1.807) is 18.0 Å². The normalized spacial score (nSPS) is 12.0. The van der Waals surface area contributed by atoms with E-state index in [2.05, 4.69) is 61.3 Å². The van der Waals surface area contributed by atoms with Crippen LogP contribution in [0.4, 0.5) is 5.69 Å². The second-order valence-corrected chi connectivity index (χ2v) is 7.34. The van der Waals surface area contributed by atoms with E-state index in [1.165, 1.54) is 10.5 Å². The minimum absolute atomic E-state index is 0.178. The number of aromatic nitrogens is 2. The minimum Gasteiger partial charge on any atom is -0.398 e. The molecular formula is C17H19N3S. The lowest BCUT2D eigenvalue weighted by molar-refractivity contribution is 0.590. The maximum Gasteiger partial charge on any atom is 0.0663 e. The van der Waals surface area contributed by atoms with E-state index in [-0.39, 0.29) is 5.41 Å². The highest BCUT2D eigenvalue weighted by molar-refractivity contribution is 7.99. The van der Waals surface area contributed by atoms with Crippen LogP contribution in [0.5, 0.6) is 0 Å². The van der Waals surface area contributed by atoms with Gasteiger partial charge in [0.2, 0.25) is 0 Å². The molecule has 3 nitrogen and oxygen atoms in total. The minimum atomic E-state index is 0.178. The Morgan fingerprint density at radius 2 is 1.81 bits per heavy atom. The lowest BCUT2D eigenvalue weighted by Gasteiger charge is -2.19. The highest BCUT2D eigenvalue weighted by Crippen LogP contribution is 2.35. The summed E-state index contributed by atoms with van der Waals surface area (Å²) in [5, 5.41) is 8.06. The molecule has 0 saturated heterocycles. The van der Waals surface area contributed by atoms with Crippen LogP contribution in [0.3, 0.4) is 0 Å². The molecule has 1 heterocycles. The molecule has 4 heteroatoms. The molecule has 0 spiro atoms. The number of nitrogen functional groups attached to an aromatic ring is 1. The molecule has 0 bridgehead atoms. The molecule has 0 fully saturated rings. The van der Waals surface area contributed by atoms with Crippen LogP contribution in [0.25, 0.3) is 10.9 Å². The van der Waals surface area contributed by atoms with Crippen LogP contribution in [0.2, 0.25) is 0 Å². The van der Waals surface area contributed by atoms with Gasteiger partial charge in [-0.05, 0) is 35.2 Å². The molecule has 21 heavy (non-hydrogen) atoms. The van der Waals surface area contributed by atoms with Crippen molar-refractivity contribution in [3.05, 3.63) is 48.2 Å². The summed E-state index contributed by atoms with van der Waals surface area (Å²) in [5.41, 5.74) is 9.44. The molecule has 0 atom stereocenters. The van der Waals surface area contributed by atoms with Crippen molar-refractivity contribution in [2.75, 3.05) is 5.73 Å². The molecule has 0 aliphatic heterocycles. The van der Waals surface area contributed by atoms with Crippen LogP contribution in [0, 0.1) is 0 Å². The largest absolute Gasteiger partial charge is 0.398 e. The van der Waals surface area contributed by atoms with Crippen molar-refractivity contribution in [2.45, 2.75) is 36.0 Å². The Labute approximate surface area is 128 Å². The van der Waals surface area contributed by atoms with E-state index in [9.17, 15) is 0 Å². The lowest BCUT2D eigenvalue weighted by atomic mass is 9.87. The van der Waals surface area contributed by atoms with Crippen LogP contribution in [0.15, 0.2) is 52.4 Å². The van der Waals surface area contributed by atoms with Gasteiger partial charge in [-0.25, -0.2) is 0 Å². The zero-order chi connectivity index (χ0) is 15.0. The first kappa shape index (κ1) is 14.0. The average molecular weight is 297 g/mol. The van der Waals surface area contributed by atoms with Gasteiger partial charge in [-0.15, -0.1) is 0 Å². The number of fused-ring (bicyclic) bond motifs is 1. The Morgan fingerprint density at radius 1 is 1.10 bits per heavy atom. The van der Waals surface area contributed by atoms with E-state index in [0.29, 0.717) is 0 Å². The van der Waals surface area contributed by atoms with Gasteiger partial charge in [0.25, 0.3) is 0 Å². The monoisotopic (exact) mass is 297 g/mol. The van der Waals surface area contributed by atoms with Gasteiger partial charge in [0, 0.05) is 20.9 Å². The predicted octanol–water partition coefficient (Wildman–Crippen LogP) is 4.59. The van der Waals surface area contributed by atoms with Crippen molar-refractivity contribution >= 4 is 28.4 Å². The smallest absolute Gasteiger partial charge is 0.0663 e. The van der Waals surface area contributed by atoms with E-state index < -0.39 is 0 Å². The summed E-state index contributed by atoms with van der Waals surface area (Å²) in [5.74, 6) is 0. The van der Waals surface area contributed by atoms with E-state index in [1.807, 2.05) is 6.07 Å². The number of nitrogens with two attached hydrogens (primary N) is 1. The summed E-state index contributed by atoms with van der Waals surface area (Å²) in [6.45, 7) is 6.66. The number of benzene rings is 2. The van der Waals surface area contributed by atoms with Gasteiger partial charge in [-0.1, -0.05) is 44.7 Å². The molecule has 3 rings (SSSR count). The third-order valence-corrected chi connectivity index (χ3v) is 4.60. The van der Waals surface area contributed by atoms with Crippen LogP contribution >= 0.6 is 11.8 Å². The number of nitrogens with one attached hydrogen (secondary N) is 1. The number of aromatic amines is 1. The topological polar surface area (TPSA) is 54.7 Å². The van der Waals surface area contributed by atoms with Crippen molar-refractivity contribution in [1.82, 2.24) is 10.2 Å². The Morgan fingerprint density at radius 3 is 2.48 bits per heavy atom. The molecule has 0 aliphatic rings. The third-order valence-electron chi connectivity index (χ3n) is 3.52. The van der Waals surface area contributed by atoms with Gasteiger partial charge in [-0.3, -0.25) is 5.10 Å². The molecule has 3 aromatic rings. The zero-order valence-electron chi connectivity index (χ0n) is 12.5. The summed E-state index contributed by atoms with van der Waals surface area (Å²) in [4.78, 5) is 2.24. The fourth-order valence-electron chi connectivity index (χ4n) is 2.23. The molecule has 0 amide bonds. The first-order valence-corrected chi connectivity index (χ1v) is 7.76. The maximum atomic E-state index is 6.13. The first-order chi connectivity index (χ1) is 9.93. The molecule has 0 radical (unpaired) electrons. The van der Waals surface area contributed by atoms with Gasteiger partial charge in [0.05, 0.1) is 11.7 Å². The van der Waals surface area contributed by atoms with Gasteiger partial charge in [-0.2, -0.15) is 5.10 Å². The third kappa shape index (κ3) is 2.90. The number of nitrogens with zero attached hydrogens (tertiary/aromatic N) is 1. The van der Waals surface area contributed by atoms with Crippen LogP contribution in [-0.4, -0.2) is 10.2 Å². The highest BCUT2D eigenvalue weighted by Gasteiger charge is 2.13. The molecule has 0 aliphatic carbocycles. The summed E-state index contributed by atoms with van der Waals surface area (Å²) in [6.07, 6.45) is 1.79. The average Bonchev–Trinajstić information content (AvgIpc) is 2.86. The summed E-state index contributed by atoms with van der Waals surface area (Å²) in [7, 11) is 0. The standard InChI is InChI=1S/C17H19N3S/c1-17(2,3)12-4-6-13(7-5-12)21-16-9-15-11(8-14(16)18)10-19-20-15/h4-10H,18H2,1-3H3,(H,19,20). The van der Waals surface area contributed by atoms with E-state index in [0.717, 1.165) is 21.5 Å².